The van der Waals surface area contributed by atoms with Crippen LogP contribution in [-0.4, -0.2) is 7.05 Å². The van der Waals surface area contributed by atoms with E-state index >= 15 is 0 Å². The second kappa shape index (κ2) is 5.58. The van der Waals surface area contributed by atoms with Gasteiger partial charge in [0, 0.05) is 0 Å². The molecule has 0 aliphatic rings. The van der Waals surface area contributed by atoms with E-state index in [4.69, 9.17) is 0 Å². The van der Waals surface area contributed by atoms with Crippen molar-refractivity contribution in [3.63, 3.8) is 0 Å². The van der Waals surface area contributed by atoms with Gasteiger partial charge in [0.2, 0.25) is 0 Å². The smallest absolute Gasteiger partial charge is 0.0579 e. The molecule has 0 spiro atoms. The van der Waals surface area contributed by atoms with Gasteiger partial charge in [0.1, 0.15) is 0 Å². The van der Waals surface area contributed by atoms with E-state index in [1.54, 1.807) is 0 Å². The van der Waals surface area contributed by atoms with Crippen LogP contribution in [0.4, 0.5) is 0 Å². The predicted molar refractivity (Wildman–Crippen MR) is 82.7 cm³/mol. The van der Waals surface area contributed by atoms with E-state index in [0.29, 0.717) is 0 Å². The molecule has 2 aromatic rings. The molecule has 1 heteroatoms. The highest BCUT2D eigenvalue weighted by Crippen LogP contribution is 2.28. The lowest BCUT2D eigenvalue weighted by molar-refractivity contribution is 0.683. The molecule has 19 heavy (non-hydrogen) atoms. The van der Waals surface area contributed by atoms with Crippen molar-refractivity contribution >= 4 is 0 Å². The Morgan fingerprint density at radius 3 is 1.47 bits per heavy atom. The van der Waals surface area contributed by atoms with Crippen molar-refractivity contribution in [3.05, 3.63) is 69.8 Å². The molecule has 0 amide bonds. The lowest BCUT2D eigenvalue weighted by Crippen LogP contribution is -2.19. The maximum Gasteiger partial charge on any atom is 0.0579 e. The van der Waals surface area contributed by atoms with Gasteiger partial charge in [-0.15, -0.1) is 0 Å². The molecular weight excluding hydrogens is 230 g/mol. The molecule has 0 bridgehead atoms. The van der Waals surface area contributed by atoms with Crippen molar-refractivity contribution < 1.29 is 0 Å². The number of benzene rings is 2. The first-order valence-corrected chi connectivity index (χ1v) is 6.84. The molecule has 0 aliphatic carbocycles. The second-order valence-corrected chi connectivity index (χ2v) is 5.44. The quantitative estimate of drug-likeness (QED) is 0.863. The number of nitrogens with one attached hydrogen (secondary N) is 1. The molecule has 0 unspecified atom stereocenters. The fourth-order valence-corrected chi connectivity index (χ4v) is 2.78. The van der Waals surface area contributed by atoms with Crippen LogP contribution in [0.25, 0.3) is 0 Å². The molecule has 0 radical (unpaired) electrons. The van der Waals surface area contributed by atoms with Gasteiger partial charge < -0.3 is 5.32 Å². The molecule has 0 aliphatic heterocycles. The van der Waals surface area contributed by atoms with E-state index < -0.39 is 0 Å². The first kappa shape index (κ1) is 13.8. The zero-order chi connectivity index (χ0) is 14.0. The van der Waals surface area contributed by atoms with E-state index in [2.05, 4.69) is 69.4 Å². The molecule has 1 nitrogen and oxygen atoms in total. The van der Waals surface area contributed by atoms with Crippen LogP contribution in [0.15, 0.2) is 36.4 Å². The van der Waals surface area contributed by atoms with Crippen LogP contribution >= 0.6 is 0 Å². The van der Waals surface area contributed by atoms with Crippen molar-refractivity contribution in [3.8, 4) is 0 Å². The average molecular weight is 253 g/mol. The number of hydrogen-bond acceptors (Lipinski definition) is 1. The maximum atomic E-state index is 3.46. The zero-order valence-electron chi connectivity index (χ0n) is 12.5. The Bertz CT molecular complexity index is 533. The Kier molecular flexibility index (Phi) is 4.06. The minimum atomic E-state index is 0.265. The fourth-order valence-electron chi connectivity index (χ4n) is 2.78. The summed E-state index contributed by atoms with van der Waals surface area (Å²) in [5.41, 5.74) is 8.05. The van der Waals surface area contributed by atoms with Gasteiger partial charge in [0.25, 0.3) is 0 Å². The normalized spacial score (nSPS) is 11.1. The number of aryl methyl sites for hydroxylation is 4. The minimum absolute atomic E-state index is 0.265. The number of rotatable bonds is 3. The summed E-state index contributed by atoms with van der Waals surface area (Å²) in [4.78, 5) is 0. The maximum absolute atomic E-state index is 3.46. The molecule has 100 valence electrons. The molecule has 0 atom stereocenters. The SMILES string of the molecule is CNC(c1ccc(C)cc1C)c1ccc(C)cc1C. The van der Waals surface area contributed by atoms with Crippen molar-refractivity contribution in [1.82, 2.24) is 5.32 Å². The third kappa shape index (κ3) is 2.87. The third-order valence-electron chi connectivity index (χ3n) is 3.76. The van der Waals surface area contributed by atoms with Crippen LogP contribution in [0.3, 0.4) is 0 Å². The number of hydrogen-bond donors (Lipinski definition) is 1. The van der Waals surface area contributed by atoms with Crippen LogP contribution in [0.5, 0.6) is 0 Å². The molecule has 1 N–H and O–H groups in total. The highest BCUT2D eigenvalue weighted by atomic mass is 14.9. The molecule has 2 aromatic carbocycles. The van der Waals surface area contributed by atoms with E-state index in [1.807, 2.05) is 7.05 Å². The van der Waals surface area contributed by atoms with Crippen LogP contribution < -0.4 is 5.32 Å². The average Bonchev–Trinajstić information content (AvgIpc) is 2.34. The van der Waals surface area contributed by atoms with E-state index in [1.165, 1.54) is 33.4 Å². The molecule has 0 fully saturated rings. The molecule has 0 aromatic heterocycles. The summed E-state index contributed by atoms with van der Waals surface area (Å²) in [5.74, 6) is 0. The van der Waals surface area contributed by atoms with Crippen molar-refractivity contribution in [2.75, 3.05) is 7.05 Å². The molecular formula is C18H23N. The Balaban J connectivity index is 2.50. The molecule has 2 rings (SSSR count). The standard InChI is InChI=1S/C18H23N/c1-12-6-8-16(14(3)10-12)18(19-5)17-9-7-13(2)11-15(17)4/h6-11,18-19H,1-5H3. The van der Waals surface area contributed by atoms with Gasteiger partial charge in [-0.25, -0.2) is 0 Å². The molecule has 0 saturated carbocycles. The van der Waals surface area contributed by atoms with E-state index in [0.717, 1.165) is 0 Å². The van der Waals surface area contributed by atoms with Gasteiger partial charge in [-0.1, -0.05) is 47.5 Å². The lowest BCUT2D eigenvalue weighted by Gasteiger charge is -2.22. The Hall–Kier alpha value is -1.60. The molecule has 0 heterocycles. The summed E-state index contributed by atoms with van der Waals surface area (Å²) < 4.78 is 0. The van der Waals surface area contributed by atoms with Crippen molar-refractivity contribution in [2.45, 2.75) is 33.7 Å². The summed E-state index contributed by atoms with van der Waals surface area (Å²) in [7, 11) is 2.03. The topological polar surface area (TPSA) is 12.0 Å². The summed E-state index contributed by atoms with van der Waals surface area (Å²) in [6.07, 6.45) is 0. The summed E-state index contributed by atoms with van der Waals surface area (Å²) >= 11 is 0. The van der Waals surface area contributed by atoms with Crippen LogP contribution in [-0.2, 0) is 0 Å². The third-order valence-corrected chi connectivity index (χ3v) is 3.76. The van der Waals surface area contributed by atoms with Crippen LogP contribution in [0.1, 0.15) is 39.4 Å². The summed E-state index contributed by atoms with van der Waals surface area (Å²) in [6.45, 7) is 8.66. The van der Waals surface area contributed by atoms with Gasteiger partial charge in [-0.2, -0.15) is 0 Å². The first-order chi connectivity index (χ1) is 9.02. The zero-order valence-corrected chi connectivity index (χ0v) is 12.5. The van der Waals surface area contributed by atoms with Gasteiger partial charge in [0.15, 0.2) is 0 Å². The predicted octanol–water partition coefficient (Wildman–Crippen LogP) is 4.23. The highest BCUT2D eigenvalue weighted by molar-refractivity contribution is 5.42. The van der Waals surface area contributed by atoms with E-state index in [-0.39, 0.29) is 6.04 Å². The lowest BCUT2D eigenvalue weighted by atomic mass is 9.91. The summed E-state index contributed by atoms with van der Waals surface area (Å²) in [6, 6.07) is 13.6. The van der Waals surface area contributed by atoms with E-state index in [9.17, 15) is 0 Å². The Labute approximate surface area is 116 Å². The monoisotopic (exact) mass is 253 g/mol. The summed E-state index contributed by atoms with van der Waals surface area (Å²) in [5, 5.41) is 3.46. The van der Waals surface area contributed by atoms with Crippen molar-refractivity contribution in [1.29, 1.82) is 0 Å². The van der Waals surface area contributed by atoms with Gasteiger partial charge in [-0.05, 0) is 57.0 Å². The fraction of sp³-hybridized carbons (Fsp3) is 0.333. The van der Waals surface area contributed by atoms with Crippen molar-refractivity contribution in [2.24, 2.45) is 0 Å². The Morgan fingerprint density at radius 2 is 1.16 bits per heavy atom. The minimum Gasteiger partial charge on any atom is -0.309 e. The van der Waals surface area contributed by atoms with Gasteiger partial charge in [0.05, 0.1) is 6.04 Å². The van der Waals surface area contributed by atoms with Gasteiger partial charge >= 0.3 is 0 Å². The van der Waals surface area contributed by atoms with Gasteiger partial charge in [-0.3, -0.25) is 0 Å². The Morgan fingerprint density at radius 1 is 0.737 bits per heavy atom. The highest BCUT2D eigenvalue weighted by Gasteiger charge is 2.16. The van der Waals surface area contributed by atoms with Crippen LogP contribution in [0, 0.1) is 27.7 Å². The second-order valence-electron chi connectivity index (χ2n) is 5.44. The molecule has 0 saturated heterocycles. The first-order valence-electron chi connectivity index (χ1n) is 6.84. The largest absolute Gasteiger partial charge is 0.309 e. The van der Waals surface area contributed by atoms with Crippen LogP contribution in [0.2, 0.25) is 0 Å².